The van der Waals surface area contributed by atoms with Gasteiger partial charge in [-0.3, -0.25) is 0 Å². The van der Waals surface area contributed by atoms with Gasteiger partial charge in [-0.15, -0.1) is 0 Å². The Hall–Kier alpha value is -1.80. The van der Waals surface area contributed by atoms with Crippen molar-refractivity contribution < 1.29 is 5.11 Å². The first-order valence-electron chi connectivity index (χ1n) is 7.35. The molecule has 104 valence electrons. The van der Waals surface area contributed by atoms with Crippen LogP contribution in [0, 0.1) is 0 Å². The zero-order valence-electron chi connectivity index (χ0n) is 11.6. The monoisotopic (exact) mass is 267 g/mol. The summed E-state index contributed by atoms with van der Waals surface area (Å²) >= 11 is 0. The first-order chi connectivity index (χ1) is 9.74. The van der Waals surface area contributed by atoms with Gasteiger partial charge in [0.05, 0.1) is 0 Å². The number of fused-ring (bicyclic) bond motifs is 1. The normalized spacial score (nSPS) is 19.4. The van der Waals surface area contributed by atoms with E-state index in [1.165, 1.54) is 36.0 Å². The number of aryl methyl sites for hydroxylation is 1. The molecule has 1 aliphatic rings. The molecule has 0 fully saturated rings. The maximum atomic E-state index is 9.34. The quantitative estimate of drug-likeness (QED) is 0.895. The first-order valence-corrected chi connectivity index (χ1v) is 7.35. The van der Waals surface area contributed by atoms with Crippen molar-refractivity contribution in [2.75, 3.05) is 0 Å². The molecule has 0 spiro atoms. The predicted molar refractivity (Wildman–Crippen MR) is 81.9 cm³/mol. The Morgan fingerprint density at radius 3 is 2.65 bits per heavy atom. The van der Waals surface area contributed by atoms with E-state index < -0.39 is 0 Å². The predicted octanol–water partition coefficient (Wildman–Crippen LogP) is 3.38. The lowest BCUT2D eigenvalue weighted by Gasteiger charge is -2.30. The highest BCUT2D eigenvalue weighted by Gasteiger charge is 2.25. The third-order valence-corrected chi connectivity index (χ3v) is 4.34. The number of benzene rings is 2. The first kappa shape index (κ1) is 13.2. The van der Waals surface area contributed by atoms with Crippen molar-refractivity contribution in [2.45, 2.75) is 37.6 Å². The van der Waals surface area contributed by atoms with Crippen LogP contribution >= 0.6 is 0 Å². The highest BCUT2D eigenvalue weighted by atomic mass is 16.3. The molecular weight excluding hydrogens is 246 g/mol. The van der Waals surface area contributed by atoms with Gasteiger partial charge in [0.25, 0.3) is 0 Å². The molecule has 0 radical (unpaired) electrons. The van der Waals surface area contributed by atoms with Gasteiger partial charge in [-0.2, -0.15) is 0 Å². The van der Waals surface area contributed by atoms with E-state index in [9.17, 15) is 5.11 Å². The summed E-state index contributed by atoms with van der Waals surface area (Å²) in [6.07, 6.45) is 4.44. The molecule has 3 N–H and O–H groups in total. The van der Waals surface area contributed by atoms with Crippen LogP contribution in [-0.2, 0) is 12.8 Å². The van der Waals surface area contributed by atoms with E-state index in [1.54, 1.807) is 12.1 Å². The average molecular weight is 267 g/mol. The van der Waals surface area contributed by atoms with Crippen LogP contribution in [0.3, 0.4) is 0 Å². The molecule has 0 heterocycles. The smallest absolute Gasteiger partial charge is 0.115 e. The summed E-state index contributed by atoms with van der Waals surface area (Å²) in [4.78, 5) is 0. The van der Waals surface area contributed by atoms with Crippen LogP contribution in [0.1, 0.15) is 35.4 Å². The van der Waals surface area contributed by atoms with Gasteiger partial charge >= 0.3 is 0 Å². The molecule has 0 aliphatic heterocycles. The summed E-state index contributed by atoms with van der Waals surface area (Å²) in [5.41, 5.74) is 10.6. The molecular formula is C18H21NO. The van der Waals surface area contributed by atoms with Gasteiger partial charge in [0, 0.05) is 6.04 Å². The topological polar surface area (TPSA) is 46.2 Å². The fourth-order valence-electron chi connectivity index (χ4n) is 3.28. The maximum absolute atomic E-state index is 9.34. The van der Waals surface area contributed by atoms with Gasteiger partial charge in [0.15, 0.2) is 0 Å². The van der Waals surface area contributed by atoms with Gasteiger partial charge in [-0.1, -0.05) is 36.4 Å². The zero-order valence-corrected chi connectivity index (χ0v) is 11.6. The largest absolute Gasteiger partial charge is 0.508 e. The number of phenols is 1. The van der Waals surface area contributed by atoms with Gasteiger partial charge in [-0.25, -0.2) is 0 Å². The Balaban J connectivity index is 1.78. The molecule has 2 atom stereocenters. The molecule has 2 unspecified atom stereocenters. The third-order valence-electron chi connectivity index (χ3n) is 4.34. The second-order valence-corrected chi connectivity index (χ2v) is 5.73. The maximum Gasteiger partial charge on any atom is 0.115 e. The van der Waals surface area contributed by atoms with E-state index in [0.29, 0.717) is 11.7 Å². The van der Waals surface area contributed by atoms with Crippen molar-refractivity contribution >= 4 is 0 Å². The van der Waals surface area contributed by atoms with Crippen LogP contribution in [-0.4, -0.2) is 11.1 Å². The fraction of sp³-hybridized carbons (Fsp3) is 0.333. The number of rotatable bonds is 3. The number of aromatic hydroxyl groups is 1. The van der Waals surface area contributed by atoms with Crippen molar-refractivity contribution in [3.8, 4) is 5.75 Å². The molecule has 0 aromatic heterocycles. The van der Waals surface area contributed by atoms with E-state index in [4.69, 9.17) is 5.73 Å². The van der Waals surface area contributed by atoms with E-state index in [2.05, 4.69) is 24.3 Å². The zero-order chi connectivity index (χ0) is 13.9. The van der Waals surface area contributed by atoms with Crippen LogP contribution in [0.15, 0.2) is 48.5 Å². The summed E-state index contributed by atoms with van der Waals surface area (Å²) in [5.74, 6) is 0.763. The summed E-state index contributed by atoms with van der Waals surface area (Å²) in [7, 11) is 0. The van der Waals surface area contributed by atoms with Crippen LogP contribution in [0.25, 0.3) is 0 Å². The van der Waals surface area contributed by atoms with Crippen molar-refractivity contribution in [1.29, 1.82) is 0 Å². The molecule has 2 nitrogen and oxygen atoms in total. The lowest BCUT2D eigenvalue weighted by Crippen LogP contribution is -2.32. The molecule has 0 bridgehead atoms. The number of hydrogen-bond acceptors (Lipinski definition) is 2. The Labute approximate surface area is 120 Å². The highest BCUT2D eigenvalue weighted by molar-refractivity contribution is 5.34. The third kappa shape index (κ3) is 2.70. The van der Waals surface area contributed by atoms with Crippen molar-refractivity contribution in [2.24, 2.45) is 5.73 Å². The average Bonchev–Trinajstić information content (AvgIpc) is 2.49. The Kier molecular flexibility index (Phi) is 3.75. The van der Waals surface area contributed by atoms with Gasteiger partial charge in [0.2, 0.25) is 0 Å². The Morgan fingerprint density at radius 1 is 1.10 bits per heavy atom. The molecule has 1 aliphatic carbocycles. The second-order valence-electron chi connectivity index (χ2n) is 5.73. The molecule has 0 saturated heterocycles. The van der Waals surface area contributed by atoms with Crippen LogP contribution in [0.2, 0.25) is 0 Å². The molecule has 2 aromatic rings. The fourth-order valence-corrected chi connectivity index (χ4v) is 3.28. The van der Waals surface area contributed by atoms with E-state index in [1.807, 2.05) is 12.1 Å². The van der Waals surface area contributed by atoms with Crippen molar-refractivity contribution in [1.82, 2.24) is 0 Å². The van der Waals surface area contributed by atoms with Gasteiger partial charge in [0.1, 0.15) is 5.75 Å². The lowest BCUT2D eigenvalue weighted by molar-refractivity contribution is 0.458. The molecule has 20 heavy (non-hydrogen) atoms. The summed E-state index contributed by atoms with van der Waals surface area (Å²) in [5, 5.41) is 9.34. The molecule has 2 heteroatoms. The number of nitrogens with two attached hydrogens (primary N) is 1. The van der Waals surface area contributed by atoms with Crippen LogP contribution in [0.4, 0.5) is 0 Å². The van der Waals surface area contributed by atoms with Crippen molar-refractivity contribution in [3.63, 3.8) is 0 Å². The van der Waals surface area contributed by atoms with E-state index >= 15 is 0 Å². The number of hydrogen-bond donors (Lipinski definition) is 2. The lowest BCUT2D eigenvalue weighted by atomic mass is 9.77. The van der Waals surface area contributed by atoms with Crippen molar-refractivity contribution in [3.05, 3.63) is 65.2 Å². The van der Waals surface area contributed by atoms with E-state index in [0.717, 1.165) is 6.42 Å². The minimum atomic E-state index is 0.140. The second kappa shape index (κ2) is 5.68. The summed E-state index contributed by atoms with van der Waals surface area (Å²) in [6, 6.07) is 16.2. The van der Waals surface area contributed by atoms with Crippen LogP contribution in [0.5, 0.6) is 5.75 Å². The standard InChI is InChI=1S/C18H21NO/c19-18(12-13-8-10-15(20)11-9-13)17-7-3-5-14-4-1-2-6-16(14)17/h1-2,4,6,8-11,17-18,20H,3,5,7,12,19H2. The summed E-state index contributed by atoms with van der Waals surface area (Å²) < 4.78 is 0. The molecule has 0 saturated carbocycles. The Bertz CT molecular complexity index is 576. The highest BCUT2D eigenvalue weighted by Crippen LogP contribution is 2.34. The molecule has 0 amide bonds. The van der Waals surface area contributed by atoms with Gasteiger partial charge in [-0.05, 0) is 60.4 Å². The minimum Gasteiger partial charge on any atom is -0.508 e. The SMILES string of the molecule is NC(Cc1ccc(O)cc1)C1CCCc2ccccc21. The minimum absolute atomic E-state index is 0.140. The Morgan fingerprint density at radius 2 is 1.85 bits per heavy atom. The summed E-state index contributed by atoms with van der Waals surface area (Å²) in [6.45, 7) is 0. The van der Waals surface area contributed by atoms with Gasteiger partial charge < -0.3 is 10.8 Å². The van der Waals surface area contributed by atoms with Crippen LogP contribution < -0.4 is 5.73 Å². The molecule has 2 aromatic carbocycles. The molecule has 3 rings (SSSR count). The number of phenolic OH excluding ortho intramolecular Hbond substituents is 1. The van der Waals surface area contributed by atoms with E-state index in [-0.39, 0.29) is 6.04 Å².